The Hall–Kier alpha value is -2.80. The van der Waals surface area contributed by atoms with Crippen molar-refractivity contribution in [2.24, 2.45) is 0 Å². The lowest BCUT2D eigenvalue weighted by Crippen LogP contribution is -2.35. The quantitative estimate of drug-likeness (QED) is 0.756. The van der Waals surface area contributed by atoms with Gasteiger partial charge in [-0.05, 0) is 42.7 Å². The molecular formula is C19H18N4O2S. The molecule has 6 nitrogen and oxygen atoms in total. The van der Waals surface area contributed by atoms with Crippen LogP contribution in [0.1, 0.15) is 33.4 Å². The van der Waals surface area contributed by atoms with Gasteiger partial charge in [0.05, 0.1) is 20.8 Å². The summed E-state index contributed by atoms with van der Waals surface area (Å²) >= 11 is 1.63. The molecule has 1 aliphatic heterocycles. The Labute approximate surface area is 154 Å². The van der Waals surface area contributed by atoms with Crippen LogP contribution in [0.3, 0.4) is 0 Å². The molecule has 26 heavy (non-hydrogen) atoms. The van der Waals surface area contributed by atoms with Crippen LogP contribution in [0.4, 0.5) is 5.69 Å². The molecule has 0 bridgehead atoms. The number of fused-ring (bicyclic) bond motifs is 2. The predicted molar refractivity (Wildman–Crippen MR) is 101 cm³/mol. The summed E-state index contributed by atoms with van der Waals surface area (Å²) < 4.78 is 1.10. The average molecular weight is 366 g/mol. The lowest BCUT2D eigenvalue weighted by Gasteiger charge is -2.28. The fourth-order valence-electron chi connectivity index (χ4n) is 3.28. The summed E-state index contributed by atoms with van der Waals surface area (Å²) in [5.41, 5.74) is 4.08. The predicted octanol–water partition coefficient (Wildman–Crippen LogP) is 3.16. The number of nitrogens with zero attached hydrogens (tertiary/aromatic N) is 3. The Balaban J connectivity index is 1.60. The summed E-state index contributed by atoms with van der Waals surface area (Å²) in [7, 11) is 0. The van der Waals surface area contributed by atoms with Gasteiger partial charge in [-0.3, -0.25) is 14.6 Å². The second-order valence-corrected chi connectivity index (χ2v) is 7.62. The van der Waals surface area contributed by atoms with E-state index >= 15 is 0 Å². The number of pyridine rings is 1. The topological polar surface area (TPSA) is 75.2 Å². The number of aromatic nitrogens is 2. The minimum Gasteiger partial charge on any atom is -0.338 e. The Morgan fingerprint density at radius 2 is 2.12 bits per heavy atom. The zero-order valence-corrected chi connectivity index (χ0v) is 15.4. The number of nitrogens with one attached hydrogen (secondary N) is 1. The van der Waals surface area contributed by atoms with Gasteiger partial charge in [0.2, 0.25) is 5.91 Å². The molecule has 7 heteroatoms. The summed E-state index contributed by atoms with van der Waals surface area (Å²) in [6.07, 6.45) is 4.00. The minimum atomic E-state index is -0.183. The van der Waals surface area contributed by atoms with E-state index in [1.807, 2.05) is 25.1 Å². The Morgan fingerprint density at radius 1 is 1.27 bits per heavy atom. The molecule has 0 saturated heterocycles. The molecule has 0 fully saturated rings. The van der Waals surface area contributed by atoms with Gasteiger partial charge in [0.15, 0.2) is 0 Å². The van der Waals surface area contributed by atoms with E-state index in [0.29, 0.717) is 30.8 Å². The molecule has 1 aromatic carbocycles. The molecule has 1 N–H and O–H groups in total. The molecular weight excluding hydrogens is 348 g/mol. The van der Waals surface area contributed by atoms with Crippen LogP contribution in [-0.4, -0.2) is 33.2 Å². The van der Waals surface area contributed by atoms with Gasteiger partial charge in [0, 0.05) is 38.1 Å². The number of hydrogen-bond donors (Lipinski definition) is 1. The molecule has 0 atom stereocenters. The van der Waals surface area contributed by atoms with Gasteiger partial charge in [-0.1, -0.05) is 0 Å². The van der Waals surface area contributed by atoms with Crippen LogP contribution in [0, 0.1) is 6.92 Å². The number of aryl methyl sites for hydroxylation is 1. The van der Waals surface area contributed by atoms with E-state index in [1.165, 1.54) is 0 Å². The number of rotatable bonds is 2. The fraction of sp³-hybridized carbons (Fsp3) is 0.263. The Bertz CT molecular complexity index is 1030. The van der Waals surface area contributed by atoms with Crippen LogP contribution >= 0.6 is 11.3 Å². The Morgan fingerprint density at radius 3 is 2.92 bits per heavy atom. The van der Waals surface area contributed by atoms with Crippen LogP contribution < -0.4 is 5.32 Å². The highest BCUT2D eigenvalue weighted by atomic mass is 32.1. The van der Waals surface area contributed by atoms with Crippen molar-refractivity contribution in [1.29, 1.82) is 0 Å². The molecule has 0 saturated carbocycles. The van der Waals surface area contributed by atoms with Gasteiger partial charge in [0.1, 0.15) is 0 Å². The fourth-order valence-corrected chi connectivity index (χ4v) is 4.08. The third-order valence-corrected chi connectivity index (χ3v) is 5.53. The highest BCUT2D eigenvalue weighted by Crippen LogP contribution is 2.26. The second-order valence-electron chi connectivity index (χ2n) is 6.38. The van der Waals surface area contributed by atoms with E-state index < -0.39 is 0 Å². The molecule has 0 spiro atoms. The molecule has 0 radical (unpaired) electrons. The first-order valence-corrected chi connectivity index (χ1v) is 9.23. The summed E-state index contributed by atoms with van der Waals surface area (Å²) in [5.74, 6) is -0.144. The van der Waals surface area contributed by atoms with Crippen molar-refractivity contribution in [3.05, 3.63) is 52.3 Å². The lowest BCUT2D eigenvalue weighted by atomic mass is 9.96. The van der Waals surface area contributed by atoms with E-state index in [0.717, 1.165) is 26.4 Å². The zero-order valence-electron chi connectivity index (χ0n) is 14.6. The van der Waals surface area contributed by atoms with Gasteiger partial charge in [0.25, 0.3) is 5.91 Å². The van der Waals surface area contributed by atoms with Crippen molar-refractivity contribution in [1.82, 2.24) is 14.9 Å². The number of carbonyl (C=O) groups is 2. The summed E-state index contributed by atoms with van der Waals surface area (Å²) in [6.45, 7) is 4.65. The first kappa shape index (κ1) is 16.7. The number of benzene rings is 1. The van der Waals surface area contributed by atoms with Crippen molar-refractivity contribution in [2.75, 3.05) is 11.9 Å². The van der Waals surface area contributed by atoms with Gasteiger partial charge in [-0.2, -0.15) is 0 Å². The maximum Gasteiger partial charge on any atom is 0.257 e. The van der Waals surface area contributed by atoms with Crippen LogP contribution in [0.2, 0.25) is 0 Å². The zero-order chi connectivity index (χ0) is 18.3. The van der Waals surface area contributed by atoms with Gasteiger partial charge >= 0.3 is 0 Å². The Kier molecular flexibility index (Phi) is 4.16. The maximum atomic E-state index is 12.8. The van der Waals surface area contributed by atoms with Crippen molar-refractivity contribution >= 4 is 39.1 Å². The first-order chi connectivity index (χ1) is 12.5. The molecule has 0 unspecified atom stereocenters. The van der Waals surface area contributed by atoms with E-state index in [2.05, 4.69) is 15.3 Å². The monoisotopic (exact) mass is 366 g/mol. The molecule has 0 aliphatic carbocycles. The van der Waals surface area contributed by atoms with Gasteiger partial charge in [-0.25, -0.2) is 4.98 Å². The number of anilines is 1. The van der Waals surface area contributed by atoms with E-state index in [9.17, 15) is 9.59 Å². The molecule has 3 aromatic rings. The smallest absolute Gasteiger partial charge is 0.257 e. The van der Waals surface area contributed by atoms with Gasteiger partial charge < -0.3 is 10.2 Å². The molecule has 1 aliphatic rings. The van der Waals surface area contributed by atoms with Crippen LogP contribution in [0.25, 0.3) is 10.2 Å². The summed E-state index contributed by atoms with van der Waals surface area (Å²) in [5, 5.41) is 3.95. The largest absolute Gasteiger partial charge is 0.338 e. The second kappa shape index (κ2) is 6.49. The minimum absolute atomic E-state index is 0.0392. The highest BCUT2D eigenvalue weighted by Gasteiger charge is 2.23. The van der Waals surface area contributed by atoms with Crippen molar-refractivity contribution in [3.63, 3.8) is 0 Å². The first-order valence-electron chi connectivity index (χ1n) is 8.41. The average Bonchev–Trinajstić information content (AvgIpc) is 2.99. The maximum absolute atomic E-state index is 12.8. The molecule has 3 heterocycles. The third-order valence-electron chi connectivity index (χ3n) is 4.58. The lowest BCUT2D eigenvalue weighted by molar-refractivity contribution is -0.129. The standard InChI is InChI=1S/C19H18N4O2S/c1-11-21-17-7-14(3-4-18(17)26-11)22-19(25)16-9-20-8-13-10-23(12(2)24)6-5-15(13)16/h3-4,7-9H,5-6,10H2,1-2H3,(H,22,25). The molecule has 2 aromatic heterocycles. The van der Waals surface area contributed by atoms with Gasteiger partial charge in [-0.15, -0.1) is 11.3 Å². The summed E-state index contributed by atoms with van der Waals surface area (Å²) in [4.78, 5) is 34.8. The van der Waals surface area contributed by atoms with Crippen LogP contribution in [0.5, 0.6) is 0 Å². The molecule has 4 rings (SSSR count). The highest BCUT2D eigenvalue weighted by molar-refractivity contribution is 7.18. The summed E-state index contributed by atoms with van der Waals surface area (Å²) in [6, 6.07) is 5.74. The van der Waals surface area contributed by atoms with Crippen LogP contribution in [-0.2, 0) is 17.8 Å². The number of amides is 2. The van der Waals surface area contributed by atoms with E-state index in [-0.39, 0.29) is 11.8 Å². The van der Waals surface area contributed by atoms with Crippen molar-refractivity contribution < 1.29 is 9.59 Å². The van der Waals surface area contributed by atoms with Crippen LogP contribution in [0.15, 0.2) is 30.6 Å². The number of hydrogen-bond acceptors (Lipinski definition) is 5. The number of carbonyl (C=O) groups excluding carboxylic acids is 2. The van der Waals surface area contributed by atoms with E-state index in [1.54, 1.807) is 35.6 Å². The number of thiazole rings is 1. The SMILES string of the molecule is CC(=O)N1CCc2c(cncc2C(=O)Nc2ccc3sc(C)nc3c2)C1. The normalized spacial score (nSPS) is 13.5. The third kappa shape index (κ3) is 3.06. The van der Waals surface area contributed by atoms with E-state index in [4.69, 9.17) is 0 Å². The molecule has 132 valence electrons. The van der Waals surface area contributed by atoms with Crippen molar-refractivity contribution in [3.8, 4) is 0 Å². The van der Waals surface area contributed by atoms with Crippen molar-refractivity contribution in [2.45, 2.75) is 26.8 Å². The molecule has 2 amide bonds.